The van der Waals surface area contributed by atoms with Crippen LogP contribution in [0.3, 0.4) is 0 Å². The average Bonchev–Trinajstić information content (AvgIpc) is 2.67. The van der Waals surface area contributed by atoms with E-state index in [0.717, 1.165) is 21.3 Å². The summed E-state index contributed by atoms with van der Waals surface area (Å²) in [5.41, 5.74) is 4.30. The van der Waals surface area contributed by atoms with Gasteiger partial charge in [-0.3, -0.25) is 9.59 Å². The van der Waals surface area contributed by atoms with Crippen molar-refractivity contribution in [1.82, 2.24) is 0 Å². The molecule has 0 aromatic heterocycles. The number of nitrogens with one attached hydrogen (secondary N) is 2. The molecule has 0 radical (unpaired) electrons. The molecule has 136 valence electrons. The molecule has 3 aromatic rings. The van der Waals surface area contributed by atoms with Crippen LogP contribution < -0.4 is 10.6 Å². The normalized spacial score (nSPS) is 10.3. The number of carbonyl (C=O) groups excluding carboxylic acids is 2. The van der Waals surface area contributed by atoms with Crippen molar-refractivity contribution >= 4 is 39.1 Å². The van der Waals surface area contributed by atoms with Crippen LogP contribution in [0.5, 0.6) is 0 Å². The average molecular weight is 423 g/mol. The Kier molecular flexibility index (Phi) is 5.72. The Hall–Kier alpha value is -2.92. The molecule has 2 N–H and O–H groups in total. The maximum absolute atomic E-state index is 12.6. The number of aryl methyl sites for hydroxylation is 2. The summed E-state index contributed by atoms with van der Waals surface area (Å²) in [5, 5.41) is 5.76. The lowest BCUT2D eigenvalue weighted by molar-refractivity contribution is 0.101. The SMILES string of the molecule is Cc1cc(NC(=O)c2ccc(C)c(NC(=O)c3ccccc3)c2)ccc1Br. The van der Waals surface area contributed by atoms with Gasteiger partial charge in [0.1, 0.15) is 0 Å². The molecule has 0 fully saturated rings. The van der Waals surface area contributed by atoms with E-state index < -0.39 is 0 Å². The van der Waals surface area contributed by atoms with E-state index in [9.17, 15) is 9.59 Å². The summed E-state index contributed by atoms with van der Waals surface area (Å²) in [7, 11) is 0. The van der Waals surface area contributed by atoms with Gasteiger partial charge in [0.05, 0.1) is 0 Å². The van der Waals surface area contributed by atoms with E-state index >= 15 is 0 Å². The summed E-state index contributed by atoms with van der Waals surface area (Å²) in [6.45, 7) is 3.85. The number of anilines is 2. The van der Waals surface area contributed by atoms with Crippen LogP contribution in [0.2, 0.25) is 0 Å². The minimum atomic E-state index is -0.230. The van der Waals surface area contributed by atoms with E-state index in [1.54, 1.807) is 24.3 Å². The lowest BCUT2D eigenvalue weighted by Gasteiger charge is -2.12. The van der Waals surface area contributed by atoms with Gasteiger partial charge >= 0.3 is 0 Å². The monoisotopic (exact) mass is 422 g/mol. The summed E-state index contributed by atoms with van der Waals surface area (Å²) < 4.78 is 0.988. The van der Waals surface area contributed by atoms with Crippen molar-refractivity contribution in [3.63, 3.8) is 0 Å². The molecule has 0 aliphatic carbocycles. The first kappa shape index (κ1) is 18.9. The zero-order valence-corrected chi connectivity index (χ0v) is 16.6. The van der Waals surface area contributed by atoms with Gasteiger partial charge in [-0.25, -0.2) is 0 Å². The summed E-state index contributed by atoms with van der Waals surface area (Å²) >= 11 is 3.45. The maximum atomic E-state index is 12.6. The zero-order chi connectivity index (χ0) is 19.4. The van der Waals surface area contributed by atoms with Crippen LogP contribution in [-0.4, -0.2) is 11.8 Å². The second-order valence-corrected chi connectivity index (χ2v) is 7.12. The fourth-order valence-electron chi connectivity index (χ4n) is 2.61. The van der Waals surface area contributed by atoms with E-state index in [0.29, 0.717) is 16.8 Å². The fourth-order valence-corrected chi connectivity index (χ4v) is 2.85. The first-order chi connectivity index (χ1) is 12.9. The van der Waals surface area contributed by atoms with Gasteiger partial charge in [0, 0.05) is 27.0 Å². The number of amides is 2. The van der Waals surface area contributed by atoms with Gasteiger partial charge in [0.2, 0.25) is 0 Å². The Morgan fingerprint density at radius 2 is 1.44 bits per heavy atom. The van der Waals surface area contributed by atoms with Crippen LogP contribution in [0.15, 0.2) is 71.2 Å². The van der Waals surface area contributed by atoms with Crippen LogP contribution in [0.1, 0.15) is 31.8 Å². The zero-order valence-electron chi connectivity index (χ0n) is 15.0. The van der Waals surface area contributed by atoms with Crippen molar-refractivity contribution in [2.75, 3.05) is 10.6 Å². The van der Waals surface area contributed by atoms with Crippen LogP contribution in [0.25, 0.3) is 0 Å². The number of hydrogen-bond donors (Lipinski definition) is 2. The number of hydrogen-bond acceptors (Lipinski definition) is 2. The topological polar surface area (TPSA) is 58.2 Å². The molecule has 0 unspecified atom stereocenters. The van der Waals surface area contributed by atoms with E-state index in [2.05, 4.69) is 26.6 Å². The molecule has 0 saturated carbocycles. The third-order valence-corrected chi connectivity index (χ3v) is 5.09. The molecule has 4 nitrogen and oxygen atoms in total. The van der Waals surface area contributed by atoms with Gasteiger partial charge in [-0.05, 0) is 67.4 Å². The number of benzene rings is 3. The standard InChI is InChI=1S/C22H19BrN2O2/c1-14-8-9-17(22(27)24-18-10-11-19(23)15(2)12-18)13-20(14)25-21(26)16-6-4-3-5-7-16/h3-13H,1-2H3,(H,24,27)(H,25,26). The fraction of sp³-hybridized carbons (Fsp3) is 0.0909. The highest BCUT2D eigenvalue weighted by molar-refractivity contribution is 9.10. The van der Waals surface area contributed by atoms with E-state index in [-0.39, 0.29) is 11.8 Å². The summed E-state index contributed by atoms with van der Waals surface area (Å²) in [5.74, 6) is -0.438. The van der Waals surface area contributed by atoms with E-state index in [1.807, 2.05) is 56.3 Å². The highest BCUT2D eigenvalue weighted by Crippen LogP contribution is 2.22. The van der Waals surface area contributed by atoms with Crippen molar-refractivity contribution in [1.29, 1.82) is 0 Å². The Labute approximate surface area is 166 Å². The van der Waals surface area contributed by atoms with Gasteiger partial charge in [-0.1, -0.05) is 40.2 Å². The highest BCUT2D eigenvalue weighted by Gasteiger charge is 2.12. The van der Waals surface area contributed by atoms with Crippen molar-refractivity contribution < 1.29 is 9.59 Å². The molecule has 0 aliphatic heterocycles. The molecule has 0 spiro atoms. The van der Waals surface area contributed by atoms with Crippen molar-refractivity contribution in [3.05, 3.63) is 93.5 Å². The lowest BCUT2D eigenvalue weighted by Crippen LogP contribution is -2.15. The first-order valence-corrected chi connectivity index (χ1v) is 9.28. The molecule has 5 heteroatoms. The van der Waals surface area contributed by atoms with Gasteiger partial charge in [-0.15, -0.1) is 0 Å². The predicted molar refractivity (Wildman–Crippen MR) is 112 cm³/mol. The number of carbonyl (C=O) groups is 2. The van der Waals surface area contributed by atoms with Crippen LogP contribution in [0, 0.1) is 13.8 Å². The Morgan fingerprint density at radius 3 is 2.15 bits per heavy atom. The minimum Gasteiger partial charge on any atom is -0.322 e. The number of rotatable bonds is 4. The van der Waals surface area contributed by atoms with Gasteiger partial charge in [-0.2, -0.15) is 0 Å². The molecule has 3 rings (SSSR count). The van der Waals surface area contributed by atoms with Crippen LogP contribution in [-0.2, 0) is 0 Å². The quantitative estimate of drug-likeness (QED) is 0.577. The lowest BCUT2D eigenvalue weighted by atomic mass is 10.1. The maximum Gasteiger partial charge on any atom is 0.255 e. The third-order valence-electron chi connectivity index (χ3n) is 4.20. The molecule has 3 aromatic carbocycles. The van der Waals surface area contributed by atoms with Gasteiger partial charge in [0.15, 0.2) is 0 Å². The smallest absolute Gasteiger partial charge is 0.255 e. The van der Waals surface area contributed by atoms with Crippen molar-refractivity contribution in [2.24, 2.45) is 0 Å². The van der Waals surface area contributed by atoms with E-state index in [1.165, 1.54) is 0 Å². The molecule has 0 aliphatic rings. The molecule has 0 heterocycles. The molecule has 27 heavy (non-hydrogen) atoms. The largest absolute Gasteiger partial charge is 0.322 e. The van der Waals surface area contributed by atoms with Gasteiger partial charge in [0.25, 0.3) is 11.8 Å². The number of halogens is 1. The summed E-state index contributed by atoms with van der Waals surface area (Å²) in [6.07, 6.45) is 0. The summed E-state index contributed by atoms with van der Waals surface area (Å²) in [6, 6.07) is 19.9. The minimum absolute atomic E-state index is 0.209. The Balaban J connectivity index is 1.78. The van der Waals surface area contributed by atoms with Crippen molar-refractivity contribution in [2.45, 2.75) is 13.8 Å². The van der Waals surface area contributed by atoms with Crippen LogP contribution >= 0.6 is 15.9 Å². The molecule has 0 atom stereocenters. The first-order valence-electron chi connectivity index (χ1n) is 8.48. The third kappa shape index (κ3) is 4.63. The predicted octanol–water partition coefficient (Wildman–Crippen LogP) is 5.57. The summed E-state index contributed by atoms with van der Waals surface area (Å²) in [4.78, 5) is 25.0. The van der Waals surface area contributed by atoms with Crippen molar-refractivity contribution in [3.8, 4) is 0 Å². The Morgan fingerprint density at radius 1 is 0.741 bits per heavy atom. The second kappa shape index (κ2) is 8.18. The van der Waals surface area contributed by atoms with Gasteiger partial charge < -0.3 is 10.6 Å². The molecule has 0 saturated heterocycles. The molecule has 2 amide bonds. The second-order valence-electron chi connectivity index (χ2n) is 6.27. The molecule has 0 bridgehead atoms. The van der Waals surface area contributed by atoms with E-state index in [4.69, 9.17) is 0 Å². The molecular weight excluding hydrogens is 404 g/mol. The van der Waals surface area contributed by atoms with Crippen LogP contribution in [0.4, 0.5) is 11.4 Å². The highest BCUT2D eigenvalue weighted by atomic mass is 79.9. The molecular formula is C22H19BrN2O2. The Bertz CT molecular complexity index is 1000.